The average molecular weight is 366 g/mol. The maximum absolute atomic E-state index is 10.1. The molecule has 0 saturated carbocycles. The molecule has 0 amide bonds. The Balaban J connectivity index is 2.37. The zero-order valence-corrected chi connectivity index (χ0v) is 15.4. The highest BCUT2D eigenvalue weighted by Gasteiger charge is 2.78. The number of rotatable bonds is 3. The lowest BCUT2D eigenvalue weighted by Gasteiger charge is -2.60. The van der Waals surface area contributed by atoms with Crippen molar-refractivity contribution in [3.8, 4) is 29.7 Å². The fourth-order valence-corrected chi connectivity index (χ4v) is 3.99. The molecular weight excluding hydrogens is 348 g/mol. The van der Waals surface area contributed by atoms with Gasteiger partial charge in [0, 0.05) is 12.5 Å². The zero-order valence-electron chi connectivity index (χ0n) is 15.4. The summed E-state index contributed by atoms with van der Waals surface area (Å²) >= 11 is 0. The summed E-state index contributed by atoms with van der Waals surface area (Å²) in [6.45, 7) is 3.18. The molecule has 8 heteroatoms. The van der Waals surface area contributed by atoms with Crippen LogP contribution in [0.5, 0.6) is 11.5 Å². The van der Waals surface area contributed by atoms with Gasteiger partial charge in [-0.3, -0.25) is 5.41 Å². The number of ether oxygens (including phenoxy) is 4. The van der Waals surface area contributed by atoms with Crippen molar-refractivity contribution in [2.75, 3.05) is 14.2 Å². The van der Waals surface area contributed by atoms with E-state index in [0.29, 0.717) is 17.1 Å². The van der Waals surface area contributed by atoms with Crippen molar-refractivity contribution < 1.29 is 18.9 Å². The van der Waals surface area contributed by atoms with Crippen LogP contribution in [0, 0.1) is 56.2 Å². The minimum atomic E-state index is -1.96. The topological polar surface area (TPSA) is 132 Å². The Kier molecular flexibility index (Phi) is 4.03. The molecule has 0 aromatic heterocycles. The number of nitriles is 3. The van der Waals surface area contributed by atoms with Crippen LogP contribution in [0.15, 0.2) is 18.2 Å². The predicted octanol–water partition coefficient (Wildman–Crippen LogP) is 2.68. The fraction of sp³-hybridized carbons (Fsp3) is 0.474. The second kappa shape index (κ2) is 5.87. The van der Waals surface area contributed by atoms with Gasteiger partial charge < -0.3 is 18.9 Å². The molecule has 8 nitrogen and oxygen atoms in total. The SMILES string of the molecule is COc1ccc(OC)c([C@H]2O[C@]3(C)OC(=N)[C@]2(C#N)C(C#N)(C#N)[C@H]3C)c1. The summed E-state index contributed by atoms with van der Waals surface area (Å²) in [5.74, 6) is -1.80. The minimum Gasteiger partial charge on any atom is -0.497 e. The van der Waals surface area contributed by atoms with Crippen LogP contribution in [0.3, 0.4) is 0 Å². The predicted molar refractivity (Wildman–Crippen MR) is 91.5 cm³/mol. The highest BCUT2D eigenvalue weighted by Crippen LogP contribution is 2.66. The standard InChI is InChI=1S/C19H18N4O4/c1-11-17(2)26-15(13-7-12(24-3)5-6-14(13)25-4)19(10-22,16(23)27-17)18(11,8-20)9-21/h5-7,11,15,23H,1-4H3/t11-,15+,17+,19+/m0/s1. The van der Waals surface area contributed by atoms with E-state index in [-0.39, 0.29) is 0 Å². The highest BCUT2D eigenvalue weighted by molar-refractivity contribution is 5.89. The van der Waals surface area contributed by atoms with Gasteiger partial charge in [0.15, 0.2) is 10.8 Å². The number of methoxy groups -OCH3 is 2. The summed E-state index contributed by atoms with van der Waals surface area (Å²) in [7, 11) is 2.95. The maximum atomic E-state index is 10.1. The second-order valence-corrected chi connectivity index (χ2v) is 6.73. The monoisotopic (exact) mass is 366 g/mol. The van der Waals surface area contributed by atoms with Gasteiger partial charge in [-0.15, -0.1) is 0 Å². The average Bonchev–Trinajstić information content (AvgIpc) is 2.68. The van der Waals surface area contributed by atoms with E-state index in [1.54, 1.807) is 32.0 Å². The van der Waals surface area contributed by atoms with Gasteiger partial charge in [0.1, 0.15) is 17.6 Å². The molecular formula is C19H18N4O4. The molecule has 1 aromatic rings. The second-order valence-electron chi connectivity index (χ2n) is 6.73. The third-order valence-electron chi connectivity index (χ3n) is 5.71. The van der Waals surface area contributed by atoms with Crippen LogP contribution in [0.2, 0.25) is 0 Å². The van der Waals surface area contributed by atoms with Crippen molar-refractivity contribution in [2.45, 2.75) is 25.7 Å². The molecule has 4 atom stereocenters. The fourth-order valence-electron chi connectivity index (χ4n) is 3.99. The summed E-state index contributed by atoms with van der Waals surface area (Å²) < 4.78 is 22.4. The molecule has 1 N–H and O–H groups in total. The molecule has 0 spiro atoms. The quantitative estimate of drug-likeness (QED) is 0.869. The van der Waals surface area contributed by atoms with Crippen molar-refractivity contribution >= 4 is 5.90 Å². The maximum Gasteiger partial charge on any atom is 0.215 e. The Labute approximate surface area is 156 Å². The van der Waals surface area contributed by atoms with Gasteiger partial charge in [-0.2, -0.15) is 15.8 Å². The molecule has 0 radical (unpaired) electrons. The number of hydrogen-bond acceptors (Lipinski definition) is 8. The summed E-state index contributed by atoms with van der Waals surface area (Å²) in [5, 5.41) is 38.5. The Morgan fingerprint density at radius 2 is 1.78 bits per heavy atom. The van der Waals surface area contributed by atoms with Crippen LogP contribution < -0.4 is 9.47 Å². The minimum absolute atomic E-state index is 0.386. The largest absolute Gasteiger partial charge is 0.497 e. The molecule has 27 heavy (non-hydrogen) atoms. The van der Waals surface area contributed by atoms with E-state index in [1.807, 2.05) is 18.2 Å². The molecule has 0 unspecified atom stereocenters. The smallest absolute Gasteiger partial charge is 0.215 e. The van der Waals surface area contributed by atoms with E-state index in [9.17, 15) is 15.8 Å². The van der Waals surface area contributed by atoms with Crippen molar-refractivity contribution in [2.24, 2.45) is 16.7 Å². The molecule has 3 aliphatic heterocycles. The van der Waals surface area contributed by atoms with Gasteiger partial charge in [-0.1, -0.05) is 6.92 Å². The Morgan fingerprint density at radius 1 is 1.11 bits per heavy atom. The molecule has 0 aliphatic carbocycles. The van der Waals surface area contributed by atoms with E-state index in [2.05, 4.69) is 0 Å². The van der Waals surface area contributed by atoms with E-state index in [4.69, 9.17) is 24.4 Å². The normalized spacial score (nSPS) is 33.1. The van der Waals surface area contributed by atoms with Gasteiger partial charge in [0.05, 0.1) is 38.3 Å². The summed E-state index contributed by atoms with van der Waals surface area (Å²) in [4.78, 5) is 0. The third-order valence-corrected chi connectivity index (χ3v) is 5.71. The Morgan fingerprint density at radius 3 is 2.30 bits per heavy atom. The molecule has 3 fully saturated rings. The van der Waals surface area contributed by atoms with Crippen LogP contribution >= 0.6 is 0 Å². The van der Waals surface area contributed by atoms with E-state index >= 15 is 0 Å². The van der Waals surface area contributed by atoms with Crippen molar-refractivity contribution in [1.29, 1.82) is 21.2 Å². The molecule has 138 valence electrons. The Bertz CT molecular complexity index is 926. The van der Waals surface area contributed by atoms with Gasteiger partial charge in [0.2, 0.25) is 11.7 Å². The van der Waals surface area contributed by atoms with Gasteiger partial charge in [0.25, 0.3) is 0 Å². The molecule has 4 rings (SSSR count). The summed E-state index contributed by atoms with van der Waals surface area (Å²) in [6.07, 6.45) is -1.13. The lowest BCUT2D eigenvalue weighted by atomic mass is 9.51. The van der Waals surface area contributed by atoms with Crippen LogP contribution in [0.25, 0.3) is 0 Å². The zero-order chi connectivity index (χ0) is 20.0. The molecule has 2 bridgehead atoms. The van der Waals surface area contributed by atoms with Gasteiger partial charge >= 0.3 is 0 Å². The summed E-state index contributed by atoms with van der Waals surface area (Å²) in [6, 6.07) is 11.0. The Hall–Kier alpha value is -3.28. The van der Waals surface area contributed by atoms with Crippen LogP contribution in [-0.2, 0) is 9.47 Å². The lowest BCUT2D eigenvalue weighted by Crippen LogP contribution is -2.71. The first kappa shape index (κ1) is 18.5. The number of nitrogens with zero attached hydrogens (tertiary/aromatic N) is 3. The van der Waals surface area contributed by atoms with Crippen LogP contribution in [0.4, 0.5) is 0 Å². The van der Waals surface area contributed by atoms with Crippen molar-refractivity contribution in [3.63, 3.8) is 0 Å². The van der Waals surface area contributed by atoms with Crippen LogP contribution in [0.1, 0.15) is 25.5 Å². The molecule has 3 heterocycles. The lowest BCUT2D eigenvalue weighted by molar-refractivity contribution is -0.338. The number of benzene rings is 1. The van der Waals surface area contributed by atoms with E-state index < -0.39 is 34.5 Å². The first-order valence-electron chi connectivity index (χ1n) is 8.21. The molecule has 1 aromatic carbocycles. The third kappa shape index (κ3) is 2.01. The summed E-state index contributed by atoms with van der Waals surface area (Å²) in [5.41, 5.74) is -3.41. The number of hydrogen-bond donors (Lipinski definition) is 1. The highest BCUT2D eigenvalue weighted by atomic mass is 16.7. The van der Waals surface area contributed by atoms with E-state index in [0.717, 1.165) is 0 Å². The van der Waals surface area contributed by atoms with Crippen LogP contribution in [-0.4, -0.2) is 25.9 Å². The molecule has 3 aliphatic rings. The first-order valence-corrected chi connectivity index (χ1v) is 8.21. The van der Waals surface area contributed by atoms with E-state index in [1.165, 1.54) is 14.2 Å². The molecule has 3 saturated heterocycles. The van der Waals surface area contributed by atoms with Gasteiger partial charge in [-0.05, 0) is 18.2 Å². The number of nitrogens with one attached hydrogen (secondary N) is 1. The van der Waals surface area contributed by atoms with Crippen molar-refractivity contribution in [1.82, 2.24) is 0 Å². The first-order chi connectivity index (χ1) is 12.8. The van der Waals surface area contributed by atoms with Crippen molar-refractivity contribution in [3.05, 3.63) is 23.8 Å². The number of fused-ring (bicyclic) bond motifs is 3. The van der Waals surface area contributed by atoms with Gasteiger partial charge in [-0.25, -0.2) is 0 Å².